The van der Waals surface area contributed by atoms with Gasteiger partial charge in [-0.1, -0.05) is 0 Å². The number of halogens is 2. The van der Waals surface area contributed by atoms with E-state index in [1.54, 1.807) is 6.92 Å². The molecule has 0 aromatic carbocycles. The fraction of sp³-hybridized carbons (Fsp3) is 0.500. The van der Waals surface area contributed by atoms with Gasteiger partial charge in [0.25, 0.3) is 0 Å². The van der Waals surface area contributed by atoms with E-state index >= 15 is 0 Å². The Labute approximate surface area is 48.4 Å². The zero-order chi connectivity index (χ0) is 5.58. The fourth-order valence-electron chi connectivity index (χ4n) is 0. The summed E-state index contributed by atoms with van der Waals surface area (Å²) in [6, 6.07) is 0. The standard InChI is InChI=1S/C2H4Cl2.C2H2/c1-2(3)4;1-2/h2H,1H3;1-2H. The smallest absolute Gasteiger partial charge is 0.105 e. The number of terminal acetylenes is 1. The van der Waals surface area contributed by atoms with Crippen LogP contribution in [0.1, 0.15) is 6.92 Å². The summed E-state index contributed by atoms with van der Waals surface area (Å²) < 4.78 is 0. The Morgan fingerprint density at radius 3 is 1.33 bits per heavy atom. The predicted molar refractivity (Wildman–Crippen MR) is 31.1 cm³/mol. The van der Waals surface area contributed by atoms with Gasteiger partial charge in [-0.25, -0.2) is 0 Å². The lowest BCUT2D eigenvalue weighted by molar-refractivity contribution is 1.39. The lowest BCUT2D eigenvalue weighted by Gasteiger charge is -1.72. The highest BCUT2D eigenvalue weighted by atomic mass is 35.5. The summed E-state index contributed by atoms with van der Waals surface area (Å²) in [5.74, 6) is 0. The topological polar surface area (TPSA) is 0 Å². The molecule has 0 aromatic heterocycles. The van der Waals surface area contributed by atoms with Crippen molar-refractivity contribution in [2.45, 2.75) is 11.8 Å². The van der Waals surface area contributed by atoms with Crippen LogP contribution in [0.25, 0.3) is 0 Å². The van der Waals surface area contributed by atoms with Gasteiger partial charge in [0.2, 0.25) is 0 Å². The maximum Gasteiger partial charge on any atom is 0.105 e. The van der Waals surface area contributed by atoms with Crippen LogP contribution in [-0.4, -0.2) is 4.84 Å². The third kappa shape index (κ3) is 2080. The molecule has 0 bridgehead atoms. The monoisotopic (exact) mass is 124 g/mol. The highest BCUT2D eigenvalue weighted by Gasteiger charge is 1.75. The Balaban J connectivity index is 0. The third-order valence-electron chi connectivity index (χ3n) is 0. The van der Waals surface area contributed by atoms with Crippen LogP contribution < -0.4 is 0 Å². The summed E-state index contributed by atoms with van der Waals surface area (Å²) >= 11 is 10.1. The second-order valence-electron chi connectivity index (χ2n) is 0.519. The molecule has 6 heavy (non-hydrogen) atoms. The van der Waals surface area contributed by atoms with E-state index in [4.69, 9.17) is 23.2 Å². The van der Waals surface area contributed by atoms with E-state index in [0.717, 1.165) is 0 Å². The van der Waals surface area contributed by atoms with Crippen molar-refractivity contribution in [3.63, 3.8) is 0 Å². The first-order valence-corrected chi connectivity index (χ1v) is 2.22. The van der Waals surface area contributed by atoms with Crippen molar-refractivity contribution in [1.82, 2.24) is 0 Å². The molecule has 0 rings (SSSR count). The number of hydrogen-bond donors (Lipinski definition) is 0. The van der Waals surface area contributed by atoms with E-state index in [9.17, 15) is 0 Å². The molecule has 0 N–H and O–H groups in total. The molecule has 0 amide bonds. The SMILES string of the molecule is C#C.CC(Cl)Cl. The van der Waals surface area contributed by atoms with Gasteiger partial charge in [-0.05, 0) is 6.92 Å². The van der Waals surface area contributed by atoms with E-state index in [2.05, 4.69) is 12.8 Å². The summed E-state index contributed by atoms with van der Waals surface area (Å²) in [6.07, 6.45) is 8.00. The number of hydrogen-bond acceptors (Lipinski definition) is 0. The Morgan fingerprint density at radius 2 is 1.33 bits per heavy atom. The minimum absolute atomic E-state index is 0.222. The van der Waals surface area contributed by atoms with Crippen LogP contribution in [-0.2, 0) is 0 Å². The van der Waals surface area contributed by atoms with Crippen molar-refractivity contribution in [2.24, 2.45) is 0 Å². The molecule has 0 aliphatic rings. The second-order valence-corrected chi connectivity index (χ2v) is 2.05. The molecule has 0 saturated heterocycles. The molecular formula is C4H6Cl2. The van der Waals surface area contributed by atoms with E-state index in [1.165, 1.54) is 0 Å². The molecule has 36 valence electrons. The van der Waals surface area contributed by atoms with E-state index in [-0.39, 0.29) is 4.84 Å². The summed E-state index contributed by atoms with van der Waals surface area (Å²) in [7, 11) is 0. The molecule has 0 aromatic rings. The molecule has 0 heterocycles. The van der Waals surface area contributed by atoms with Gasteiger partial charge < -0.3 is 0 Å². The molecule has 0 saturated carbocycles. The quantitative estimate of drug-likeness (QED) is 0.343. The predicted octanol–water partition coefficient (Wildman–Crippen LogP) is 2.06. The highest BCUT2D eigenvalue weighted by Crippen LogP contribution is 1.95. The average Bonchev–Trinajstić information content (AvgIpc) is 1.41. The molecule has 0 aliphatic heterocycles. The van der Waals surface area contributed by atoms with Crippen LogP contribution in [0.4, 0.5) is 0 Å². The Bertz CT molecular complexity index is 27.0. The first-order valence-electron chi connectivity index (χ1n) is 1.35. The summed E-state index contributed by atoms with van der Waals surface area (Å²) in [6.45, 7) is 1.70. The molecule has 0 unspecified atom stereocenters. The van der Waals surface area contributed by atoms with Crippen LogP contribution in [0.5, 0.6) is 0 Å². The van der Waals surface area contributed by atoms with Crippen molar-refractivity contribution >= 4 is 23.2 Å². The summed E-state index contributed by atoms with van der Waals surface area (Å²) in [4.78, 5) is -0.222. The first kappa shape index (κ1) is 9.46. The van der Waals surface area contributed by atoms with Crippen LogP contribution in [0.15, 0.2) is 0 Å². The molecular weight excluding hydrogens is 119 g/mol. The van der Waals surface area contributed by atoms with Gasteiger partial charge in [0, 0.05) is 0 Å². The maximum atomic E-state index is 5.04. The van der Waals surface area contributed by atoms with Crippen molar-refractivity contribution in [3.05, 3.63) is 0 Å². The van der Waals surface area contributed by atoms with Crippen molar-refractivity contribution in [3.8, 4) is 12.8 Å². The van der Waals surface area contributed by atoms with Gasteiger partial charge in [0.05, 0.1) is 0 Å². The normalized spacial score (nSPS) is 6.33. The van der Waals surface area contributed by atoms with Crippen LogP contribution >= 0.6 is 23.2 Å². The van der Waals surface area contributed by atoms with Crippen molar-refractivity contribution in [2.75, 3.05) is 0 Å². The molecule has 0 atom stereocenters. The first-order chi connectivity index (χ1) is 2.73. The van der Waals surface area contributed by atoms with Gasteiger partial charge in [-0.2, -0.15) is 0 Å². The lowest BCUT2D eigenvalue weighted by atomic mass is 11.0. The molecule has 0 spiro atoms. The molecule has 0 aliphatic carbocycles. The Kier molecular flexibility index (Phi) is 14.1. The Morgan fingerprint density at radius 1 is 1.33 bits per heavy atom. The van der Waals surface area contributed by atoms with Crippen molar-refractivity contribution in [1.29, 1.82) is 0 Å². The average molecular weight is 125 g/mol. The third-order valence-corrected chi connectivity index (χ3v) is 0. The van der Waals surface area contributed by atoms with E-state index < -0.39 is 0 Å². The zero-order valence-electron chi connectivity index (χ0n) is 3.49. The number of alkyl halides is 2. The maximum absolute atomic E-state index is 5.04. The second kappa shape index (κ2) is 8.94. The van der Waals surface area contributed by atoms with Gasteiger partial charge in [-0.3, -0.25) is 0 Å². The zero-order valence-corrected chi connectivity index (χ0v) is 5.00. The molecule has 2 heteroatoms. The van der Waals surface area contributed by atoms with E-state index in [1.807, 2.05) is 0 Å². The van der Waals surface area contributed by atoms with Crippen LogP contribution in [0.2, 0.25) is 0 Å². The molecule has 0 nitrogen and oxygen atoms in total. The summed E-state index contributed by atoms with van der Waals surface area (Å²) in [5.41, 5.74) is 0. The summed E-state index contributed by atoms with van der Waals surface area (Å²) in [5, 5.41) is 0. The highest BCUT2D eigenvalue weighted by molar-refractivity contribution is 6.43. The van der Waals surface area contributed by atoms with Gasteiger partial charge in [-0.15, -0.1) is 36.0 Å². The van der Waals surface area contributed by atoms with Gasteiger partial charge in [0.1, 0.15) is 4.84 Å². The molecule has 0 fully saturated rings. The van der Waals surface area contributed by atoms with Crippen LogP contribution in [0, 0.1) is 12.8 Å². The van der Waals surface area contributed by atoms with Crippen LogP contribution in [0.3, 0.4) is 0 Å². The lowest BCUT2D eigenvalue weighted by Crippen LogP contribution is -1.63. The van der Waals surface area contributed by atoms with Gasteiger partial charge in [0.15, 0.2) is 0 Å². The van der Waals surface area contributed by atoms with Crippen molar-refractivity contribution < 1.29 is 0 Å². The molecule has 0 radical (unpaired) electrons. The Hall–Kier alpha value is 0.140. The fourth-order valence-corrected chi connectivity index (χ4v) is 0. The van der Waals surface area contributed by atoms with E-state index in [0.29, 0.717) is 0 Å². The largest absolute Gasteiger partial charge is 0.124 e. The number of rotatable bonds is 0. The minimum atomic E-state index is -0.222. The van der Waals surface area contributed by atoms with Gasteiger partial charge >= 0.3 is 0 Å². The minimum Gasteiger partial charge on any atom is -0.124 e.